The van der Waals surface area contributed by atoms with Crippen LogP contribution in [0.2, 0.25) is 5.15 Å². The molecule has 0 bridgehead atoms. The quantitative estimate of drug-likeness (QED) is 0.250. The summed E-state index contributed by atoms with van der Waals surface area (Å²) in [6.45, 7) is 4.73. The highest BCUT2D eigenvalue weighted by atomic mass is 35.5. The zero-order valence-corrected chi connectivity index (χ0v) is 19.8. The largest absolute Gasteiger partial charge is 0.464 e. The van der Waals surface area contributed by atoms with Crippen LogP contribution in [0.15, 0.2) is 5.16 Å². The van der Waals surface area contributed by atoms with E-state index in [9.17, 15) is 22.4 Å². The normalized spacial score (nSPS) is 17.7. The molecule has 0 saturated heterocycles. The summed E-state index contributed by atoms with van der Waals surface area (Å²) in [5.74, 6) is -1.55. The number of hydrogen-bond donors (Lipinski definition) is 1. The van der Waals surface area contributed by atoms with Gasteiger partial charge in [0.15, 0.2) is 22.2 Å². The molecule has 2 aromatic heterocycles. The molecule has 0 spiro atoms. The third kappa shape index (κ3) is 5.99. The van der Waals surface area contributed by atoms with Gasteiger partial charge in [0.2, 0.25) is 5.88 Å². The van der Waals surface area contributed by atoms with E-state index in [1.807, 2.05) is 0 Å². The summed E-state index contributed by atoms with van der Waals surface area (Å²) in [5.41, 5.74) is -1.16. The lowest BCUT2D eigenvalue weighted by Gasteiger charge is -2.29. The van der Waals surface area contributed by atoms with Gasteiger partial charge in [0, 0.05) is 26.1 Å². The predicted octanol–water partition coefficient (Wildman–Crippen LogP) is 4.90. The number of hydrogen-bond acceptors (Lipinski definition) is 8. The van der Waals surface area contributed by atoms with E-state index in [0.717, 1.165) is 16.7 Å². The number of carbonyl (C=O) groups is 1. The minimum absolute atomic E-state index is 0.00157. The second-order valence-electron chi connectivity index (χ2n) is 8.14. The van der Waals surface area contributed by atoms with Crippen molar-refractivity contribution in [3.05, 3.63) is 11.0 Å². The van der Waals surface area contributed by atoms with E-state index in [0.29, 0.717) is 0 Å². The fourth-order valence-corrected chi connectivity index (χ4v) is 3.56. The molecule has 8 nitrogen and oxygen atoms in total. The van der Waals surface area contributed by atoms with Gasteiger partial charge in [-0.1, -0.05) is 23.4 Å². The van der Waals surface area contributed by atoms with Crippen LogP contribution >= 0.6 is 23.4 Å². The molecule has 0 radical (unpaired) electrons. The highest BCUT2D eigenvalue weighted by molar-refractivity contribution is 7.98. The standard InChI is InChI=1S/C19H22ClF4N5O3S/c1-18(2,3)32-17(30)29-7-5-9(19(22,23)24)31-15-10-12(11(21)13(20)27-15)26-16(33-4)28-14(10)25-6-8-29/h9H,5-8H2,1-4H3,(H,25,26,28). The Kier molecular flexibility index (Phi) is 7.32. The number of ether oxygens (including phenoxy) is 2. The Morgan fingerprint density at radius 3 is 2.55 bits per heavy atom. The van der Waals surface area contributed by atoms with E-state index in [2.05, 4.69) is 20.3 Å². The van der Waals surface area contributed by atoms with Gasteiger partial charge in [-0.05, 0) is 27.0 Å². The summed E-state index contributed by atoms with van der Waals surface area (Å²) in [5, 5.41) is 2.23. The number of pyridine rings is 1. The van der Waals surface area contributed by atoms with Crippen LogP contribution in [0.5, 0.6) is 5.88 Å². The first-order valence-corrected chi connectivity index (χ1v) is 11.5. The number of halogens is 5. The minimum Gasteiger partial charge on any atom is -0.464 e. The number of amides is 1. The van der Waals surface area contributed by atoms with Gasteiger partial charge in [-0.3, -0.25) is 0 Å². The van der Waals surface area contributed by atoms with Crippen molar-refractivity contribution in [1.82, 2.24) is 19.9 Å². The topological polar surface area (TPSA) is 89.5 Å². The lowest BCUT2D eigenvalue weighted by molar-refractivity contribution is -0.197. The molecule has 1 amide bonds. The number of nitrogens with one attached hydrogen (secondary N) is 1. The van der Waals surface area contributed by atoms with Gasteiger partial charge >= 0.3 is 12.3 Å². The molecule has 33 heavy (non-hydrogen) atoms. The summed E-state index contributed by atoms with van der Waals surface area (Å²) < 4.78 is 66.7. The first-order valence-electron chi connectivity index (χ1n) is 9.86. The molecule has 3 rings (SSSR count). The number of alkyl halides is 3. The molecule has 182 valence electrons. The highest BCUT2D eigenvalue weighted by Crippen LogP contribution is 2.37. The Morgan fingerprint density at radius 2 is 1.94 bits per heavy atom. The molecule has 1 atom stereocenters. The number of rotatable bonds is 1. The zero-order valence-electron chi connectivity index (χ0n) is 18.2. The molecule has 14 heteroatoms. The van der Waals surface area contributed by atoms with Gasteiger partial charge in [-0.2, -0.15) is 18.2 Å². The molecule has 1 N–H and O–H groups in total. The molecule has 2 aromatic rings. The molecule has 0 saturated carbocycles. The van der Waals surface area contributed by atoms with Crippen molar-refractivity contribution >= 4 is 46.2 Å². The molecule has 0 aromatic carbocycles. The van der Waals surface area contributed by atoms with Crippen molar-refractivity contribution in [2.24, 2.45) is 0 Å². The zero-order chi connectivity index (χ0) is 24.6. The monoisotopic (exact) mass is 511 g/mol. The minimum atomic E-state index is -4.81. The Labute approximate surface area is 196 Å². The Morgan fingerprint density at radius 1 is 1.24 bits per heavy atom. The van der Waals surface area contributed by atoms with Crippen LogP contribution in [0.25, 0.3) is 10.9 Å². The molecule has 0 aliphatic carbocycles. The second-order valence-corrected chi connectivity index (χ2v) is 9.27. The van der Waals surface area contributed by atoms with Crippen LogP contribution in [-0.4, -0.2) is 69.7 Å². The van der Waals surface area contributed by atoms with Gasteiger partial charge in [0.05, 0.1) is 0 Å². The molecule has 1 aliphatic rings. The average molecular weight is 512 g/mol. The molecule has 3 heterocycles. The van der Waals surface area contributed by atoms with Gasteiger partial charge in [0.1, 0.15) is 22.3 Å². The van der Waals surface area contributed by atoms with Crippen molar-refractivity contribution in [2.75, 3.05) is 31.2 Å². The maximum absolute atomic E-state index is 14.7. The van der Waals surface area contributed by atoms with Gasteiger partial charge < -0.3 is 19.7 Å². The molecular weight excluding hydrogens is 490 g/mol. The van der Waals surface area contributed by atoms with Crippen molar-refractivity contribution in [1.29, 1.82) is 0 Å². The van der Waals surface area contributed by atoms with Crippen molar-refractivity contribution in [3.8, 4) is 5.88 Å². The number of aromatic nitrogens is 3. The number of anilines is 1. The second kappa shape index (κ2) is 9.53. The maximum atomic E-state index is 14.7. The fraction of sp³-hybridized carbons (Fsp3) is 0.579. The van der Waals surface area contributed by atoms with E-state index < -0.39 is 47.2 Å². The Hall–Kier alpha value is -2.28. The van der Waals surface area contributed by atoms with Crippen LogP contribution in [0.3, 0.4) is 0 Å². The first kappa shape index (κ1) is 25.3. The van der Waals surface area contributed by atoms with E-state index in [1.54, 1.807) is 27.0 Å². The van der Waals surface area contributed by atoms with Crippen molar-refractivity contribution in [3.63, 3.8) is 0 Å². The van der Waals surface area contributed by atoms with Crippen LogP contribution in [-0.2, 0) is 4.74 Å². The SMILES string of the molecule is CSc1nc2c3c(nc(Cl)c(F)c3n1)OC(C(F)(F)F)CCN(C(=O)OC(C)(C)C)CCN2. The first-order chi connectivity index (χ1) is 15.3. The van der Waals surface area contributed by atoms with E-state index in [1.165, 1.54) is 0 Å². The maximum Gasteiger partial charge on any atom is 0.425 e. The third-order valence-corrected chi connectivity index (χ3v) is 5.28. The van der Waals surface area contributed by atoms with Crippen LogP contribution in [0.1, 0.15) is 27.2 Å². The summed E-state index contributed by atoms with van der Waals surface area (Å²) in [7, 11) is 0. The van der Waals surface area contributed by atoms with Crippen LogP contribution < -0.4 is 10.1 Å². The van der Waals surface area contributed by atoms with E-state index >= 15 is 0 Å². The van der Waals surface area contributed by atoms with E-state index in [4.69, 9.17) is 21.1 Å². The smallest absolute Gasteiger partial charge is 0.425 e. The number of thioether (sulfide) groups is 1. The average Bonchev–Trinajstić information content (AvgIpc) is 2.73. The lowest BCUT2D eigenvalue weighted by Crippen LogP contribution is -2.43. The fourth-order valence-electron chi connectivity index (χ4n) is 3.03. The lowest BCUT2D eigenvalue weighted by atomic mass is 10.2. The summed E-state index contributed by atoms with van der Waals surface area (Å²) in [4.78, 5) is 25.7. The summed E-state index contributed by atoms with van der Waals surface area (Å²) in [6, 6.07) is 0. The van der Waals surface area contributed by atoms with E-state index in [-0.39, 0.29) is 41.5 Å². The van der Waals surface area contributed by atoms with Gasteiger partial charge in [-0.15, -0.1) is 0 Å². The Bertz CT molecular complexity index is 1050. The van der Waals surface area contributed by atoms with Crippen LogP contribution in [0, 0.1) is 5.82 Å². The molecule has 1 aliphatic heterocycles. The molecule has 0 fully saturated rings. The van der Waals surface area contributed by atoms with Crippen molar-refractivity contribution in [2.45, 2.75) is 50.2 Å². The molecule has 1 unspecified atom stereocenters. The summed E-state index contributed by atoms with van der Waals surface area (Å²) in [6.07, 6.45) is -6.89. The van der Waals surface area contributed by atoms with Gasteiger partial charge in [0.25, 0.3) is 0 Å². The van der Waals surface area contributed by atoms with Gasteiger partial charge in [-0.25, -0.2) is 19.2 Å². The van der Waals surface area contributed by atoms with Crippen LogP contribution in [0.4, 0.5) is 28.2 Å². The van der Waals surface area contributed by atoms with Crippen molar-refractivity contribution < 1.29 is 31.8 Å². The predicted molar refractivity (Wildman–Crippen MR) is 115 cm³/mol. The summed E-state index contributed by atoms with van der Waals surface area (Å²) >= 11 is 6.93. The number of nitrogens with zero attached hydrogens (tertiary/aromatic N) is 4. The highest BCUT2D eigenvalue weighted by Gasteiger charge is 2.43. The number of carbonyl (C=O) groups excluding carboxylic acids is 1. The Balaban J connectivity index is 2.10. The third-order valence-electron chi connectivity index (χ3n) is 4.48. The molecular formula is C19H22ClF4N5O3S.